The molecule has 7 heteroatoms. The van der Waals surface area contributed by atoms with E-state index in [0.717, 1.165) is 21.6 Å². The molecular formula is C26H22N2O5. The van der Waals surface area contributed by atoms with Gasteiger partial charge in [0.15, 0.2) is 0 Å². The van der Waals surface area contributed by atoms with E-state index in [9.17, 15) is 24.6 Å². The third-order valence-corrected chi connectivity index (χ3v) is 5.39. The molecule has 0 atom stereocenters. The van der Waals surface area contributed by atoms with Crippen LogP contribution in [0.1, 0.15) is 27.9 Å². The highest BCUT2D eigenvalue weighted by atomic mass is 16.4. The zero-order chi connectivity index (χ0) is 23.7. The normalized spacial score (nSPS) is 14.7. The molecule has 33 heavy (non-hydrogen) atoms. The van der Waals surface area contributed by atoms with Crippen molar-refractivity contribution >= 4 is 29.2 Å². The number of nitrogens with one attached hydrogen (secondary N) is 1. The predicted octanol–water partition coefficient (Wildman–Crippen LogP) is 4.63. The molecule has 0 unspecified atom stereocenters. The van der Waals surface area contributed by atoms with Crippen LogP contribution in [0.3, 0.4) is 0 Å². The minimum absolute atomic E-state index is 0.0169. The molecule has 2 amide bonds. The highest BCUT2D eigenvalue weighted by Gasteiger charge is 2.35. The Labute approximate surface area is 190 Å². The maximum absolute atomic E-state index is 12.9. The number of aromatic carboxylic acids is 1. The number of nitrogens with zero attached hydrogens (tertiary/aromatic N) is 1. The molecular weight excluding hydrogens is 420 g/mol. The summed E-state index contributed by atoms with van der Waals surface area (Å²) in [7, 11) is 0. The van der Waals surface area contributed by atoms with Crippen molar-refractivity contribution < 1.29 is 24.6 Å². The molecule has 166 valence electrons. The molecule has 1 aliphatic heterocycles. The molecule has 0 aromatic heterocycles. The summed E-state index contributed by atoms with van der Waals surface area (Å²) in [6.07, 6.45) is 1.27. The van der Waals surface area contributed by atoms with Crippen LogP contribution in [0, 0.1) is 13.8 Å². The number of carboxylic acid groups (broad SMARTS) is 1. The van der Waals surface area contributed by atoms with E-state index in [1.807, 2.05) is 38.1 Å². The molecule has 0 saturated carbocycles. The first-order chi connectivity index (χ1) is 15.7. The minimum Gasteiger partial charge on any atom is -0.505 e. The Morgan fingerprint density at radius 1 is 1.00 bits per heavy atom. The molecule has 3 N–H and O–H groups in total. The second-order valence-electron chi connectivity index (χ2n) is 7.96. The highest BCUT2D eigenvalue weighted by Crippen LogP contribution is 2.36. The first-order valence-corrected chi connectivity index (χ1v) is 10.3. The molecule has 1 saturated heterocycles. The predicted molar refractivity (Wildman–Crippen MR) is 125 cm³/mol. The molecule has 4 rings (SSSR count). The van der Waals surface area contributed by atoms with Crippen molar-refractivity contribution in [2.24, 2.45) is 0 Å². The van der Waals surface area contributed by atoms with Gasteiger partial charge in [-0.05, 0) is 43.7 Å². The van der Waals surface area contributed by atoms with E-state index in [1.165, 1.54) is 30.5 Å². The Balaban J connectivity index is 1.60. The fourth-order valence-corrected chi connectivity index (χ4v) is 3.91. The summed E-state index contributed by atoms with van der Waals surface area (Å²) in [6.45, 7) is 3.97. The van der Waals surface area contributed by atoms with Gasteiger partial charge in [0, 0.05) is 17.3 Å². The van der Waals surface area contributed by atoms with Crippen LogP contribution in [-0.2, 0) is 9.59 Å². The monoisotopic (exact) mass is 442 g/mol. The van der Waals surface area contributed by atoms with Crippen molar-refractivity contribution in [3.63, 3.8) is 0 Å². The summed E-state index contributed by atoms with van der Waals surface area (Å²) < 4.78 is 0. The number of aryl methyl sites for hydroxylation is 2. The van der Waals surface area contributed by atoms with Crippen molar-refractivity contribution in [2.45, 2.75) is 20.3 Å². The van der Waals surface area contributed by atoms with Crippen molar-refractivity contribution in [1.29, 1.82) is 0 Å². The second-order valence-corrected chi connectivity index (χ2v) is 7.96. The topological polar surface area (TPSA) is 107 Å². The van der Waals surface area contributed by atoms with E-state index in [2.05, 4.69) is 5.32 Å². The van der Waals surface area contributed by atoms with Gasteiger partial charge < -0.3 is 15.5 Å². The van der Waals surface area contributed by atoms with E-state index in [4.69, 9.17) is 0 Å². The summed E-state index contributed by atoms with van der Waals surface area (Å²) >= 11 is 0. The zero-order valence-electron chi connectivity index (χ0n) is 18.1. The molecule has 7 nitrogen and oxygen atoms in total. The summed E-state index contributed by atoms with van der Waals surface area (Å²) in [6, 6.07) is 16.9. The van der Waals surface area contributed by atoms with Gasteiger partial charge in [-0.3, -0.25) is 9.59 Å². The van der Waals surface area contributed by atoms with E-state index in [1.54, 1.807) is 12.1 Å². The summed E-state index contributed by atoms with van der Waals surface area (Å²) in [4.78, 5) is 37.5. The Morgan fingerprint density at radius 3 is 2.39 bits per heavy atom. The quantitative estimate of drug-likeness (QED) is 0.302. The van der Waals surface area contributed by atoms with Crippen LogP contribution < -0.4 is 10.2 Å². The molecule has 3 aromatic carbocycles. The number of amides is 2. The third-order valence-electron chi connectivity index (χ3n) is 5.39. The van der Waals surface area contributed by atoms with E-state index >= 15 is 0 Å². The molecule has 0 aliphatic carbocycles. The lowest BCUT2D eigenvalue weighted by molar-refractivity contribution is -0.120. The molecule has 3 aromatic rings. The molecule has 0 spiro atoms. The number of imide groups is 1. The Bertz CT molecular complexity index is 1310. The lowest BCUT2D eigenvalue weighted by atomic mass is 9.99. The minimum atomic E-state index is -1.15. The Kier molecular flexibility index (Phi) is 5.70. The van der Waals surface area contributed by atoms with Crippen LogP contribution in [-0.4, -0.2) is 28.0 Å². The van der Waals surface area contributed by atoms with Crippen LogP contribution in [0.2, 0.25) is 0 Å². The maximum atomic E-state index is 12.9. The fraction of sp³-hybridized carbons (Fsp3) is 0.115. The van der Waals surface area contributed by atoms with E-state index in [-0.39, 0.29) is 29.0 Å². The van der Waals surface area contributed by atoms with Gasteiger partial charge in [-0.2, -0.15) is 0 Å². The number of phenolic OH excluding ortho intramolecular Hbond substituents is 1. The molecule has 0 bridgehead atoms. The van der Waals surface area contributed by atoms with Crippen molar-refractivity contribution in [2.75, 3.05) is 10.2 Å². The van der Waals surface area contributed by atoms with Crippen molar-refractivity contribution in [3.05, 3.63) is 89.1 Å². The maximum Gasteiger partial charge on any atom is 0.335 e. The van der Waals surface area contributed by atoms with Gasteiger partial charge in [-0.25, -0.2) is 9.69 Å². The average Bonchev–Trinajstić information content (AvgIpc) is 3.05. The average molecular weight is 442 g/mol. The number of phenols is 1. The fourth-order valence-electron chi connectivity index (χ4n) is 3.91. The van der Waals surface area contributed by atoms with Gasteiger partial charge >= 0.3 is 5.97 Å². The standard InChI is InChI=1S/C26H22N2O5/c1-15-9-16(2)11-18(10-15)21-7-4-8-22(24(21)30)27-14-19-13-23(29)28(25(19)31)20-6-3-5-17(12-20)26(32)33/h3-12,14,27,30H,13H2,1-2H3,(H,32,33)/b19-14-. The number of hydrogen-bond acceptors (Lipinski definition) is 5. The van der Waals surface area contributed by atoms with Gasteiger partial charge in [0.2, 0.25) is 5.91 Å². The van der Waals surface area contributed by atoms with Crippen LogP contribution in [0.4, 0.5) is 11.4 Å². The van der Waals surface area contributed by atoms with Crippen LogP contribution in [0.15, 0.2) is 72.4 Å². The number of carboxylic acids is 1. The Hall–Kier alpha value is -4.39. The molecule has 1 heterocycles. The molecule has 0 radical (unpaired) electrons. The van der Waals surface area contributed by atoms with Crippen molar-refractivity contribution in [3.8, 4) is 16.9 Å². The smallest absolute Gasteiger partial charge is 0.335 e. The third kappa shape index (κ3) is 4.34. The first-order valence-electron chi connectivity index (χ1n) is 10.3. The van der Waals surface area contributed by atoms with Crippen LogP contribution >= 0.6 is 0 Å². The number of hydrogen-bond donors (Lipinski definition) is 3. The summed E-state index contributed by atoms with van der Waals surface area (Å²) in [5.74, 6) is -2.11. The lowest BCUT2D eigenvalue weighted by Crippen LogP contribution is -2.29. The van der Waals surface area contributed by atoms with Gasteiger partial charge in [0.1, 0.15) is 5.75 Å². The SMILES string of the molecule is Cc1cc(C)cc(-c2cccc(N/C=C3/CC(=O)N(c4cccc(C(=O)O)c4)C3=O)c2O)c1. The number of rotatable bonds is 5. The largest absolute Gasteiger partial charge is 0.505 e. The lowest BCUT2D eigenvalue weighted by Gasteiger charge is -2.14. The van der Waals surface area contributed by atoms with Crippen LogP contribution in [0.25, 0.3) is 11.1 Å². The summed E-state index contributed by atoms with van der Waals surface area (Å²) in [5, 5.41) is 22.9. The van der Waals surface area contributed by atoms with Gasteiger partial charge in [-0.1, -0.05) is 47.5 Å². The summed E-state index contributed by atoms with van der Waals surface area (Å²) in [5.41, 5.74) is 4.45. The number of aromatic hydroxyl groups is 1. The van der Waals surface area contributed by atoms with Crippen LogP contribution in [0.5, 0.6) is 5.75 Å². The van der Waals surface area contributed by atoms with Gasteiger partial charge in [-0.15, -0.1) is 0 Å². The van der Waals surface area contributed by atoms with Gasteiger partial charge in [0.05, 0.1) is 23.4 Å². The van der Waals surface area contributed by atoms with E-state index < -0.39 is 17.8 Å². The number of anilines is 2. The highest BCUT2D eigenvalue weighted by molar-refractivity contribution is 6.28. The van der Waals surface area contributed by atoms with Crippen molar-refractivity contribution in [1.82, 2.24) is 0 Å². The number of para-hydroxylation sites is 1. The Morgan fingerprint density at radius 2 is 1.70 bits per heavy atom. The number of carbonyl (C=O) groups is 3. The number of benzene rings is 3. The number of carbonyl (C=O) groups excluding carboxylic acids is 2. The van der Waals surface area contributed by atoms with E-state index in [0.29, 0.717) is 11.3 Å². The van der Waals surface area contributed by atoms with Gasteiger partial charge in [0.25, 0.3) is 5.91 Å². The molecule has 1 fully saturated rings. The first kappa shape index (κ1) is 21.8. The zero-order valence-corrected chi connectivity index (χ0v) is 18.1. The second kappa shape index (κ2) is 8.63. The molecule has 1 aliphatic rings.